The van der Waals surface area contributed by atoms with Crippen molar-refractivity contribution in [3.8, 4) is 5.69 Å². The number of aromatic nitrogens is 3. The van der Waals surface area contributed by atoms with E-state index in [4.69, 9.17) is 14.8 Å². The summed E-state index contributed by atoms with van der Waals surface area (Å²) in [6.07, 6.45) is 6.24. The van der Waals surface area contributed by atoms with Crippen molar-refractivity contribution < 1.29 is 9.13 Å². The molecule has 0 spiro atoms. The highest BCUT2D eigenvalue weighted by molar-refractivity contribution is 5.34. The molecule has 1 aromatic heterocycles. The number of hydrogen-bond acceptors (Lipinski definition) is 3. The SMILES string of the molecule is Fc1cccc(-n2nc(C3CC3)nc2C2CC3CCC2O3)c1. The minimum atomic E-state index is -0.240. The maximum Gasteiger partial charge on any atom is 0.154 e. The summed E-state index contributed by atoms with van der Waals surface area (Å²) >= 11 is 0. The Bertz CT molecular complexity index is 724. The molecule has 2 aromatic rings. The zero-order valence-corrected chi connectivity index (χ0v) is 12.3. The summed E-state index contributed by atoms with van der Waals surface area (Å²) in [5.41, 5.74) is 0.761. The van der Waals surface area contributed by atoms with Gasteiger partial charge in [-0.25, -0.2) is 14.1 Å². The average molecular weight is 299 g/mol. The Balaban J connectivity index is 1.60. The molecular weight excluding hydrogens is 281 g/mol. The fourth-order valence-corrected chi connectivity index (χ4v) is 3.80. The minimum absolute atomic E-state index is 0.240. The number of halogens is 1. The Kier molecular flexibility index (Phi) is 2.68. The summed E-state index contributed by atoms with van der Waals surface area (Å²) in [7, 11) is 0. The van der Waals surface area contributed by atoms with Crippen LogP contribution in [0, 0.1) is 5.82 Å². The standard InChI is InChI=1S/C17H18FN3O/c18-11-2-1-3-12(8-11)21-17(19-16(20-21)10-4-5-10)14-9-13-6-7-15(14)22-13/h1-3,8,10,13-15H,4-7,9H2. The molecule has 22 heavy (non-hydrogen) atoms. The van der Waals surface area contributed by atoms with Crippen molar-refractivity contribution in [1.29, 1.82) is 0 Å². The Morgan fingerprint density at radius 2 is 2.09 bits per heavy atom. The van der Waals surface area contributed by atoms with Gasteiger partial charge in [-0.15, -0.1) is 0 Å². The average Bonchev–Trinajstić information content (AvgIpc) is 2.98. The summed E-state index contributed by atoms with van der Waals surface area (Å²) in [6.45, 7) is 0. The van der Waals surface area contributed by atoms with Gasteiger partial charge in [-0.3, -0.25) is 0 Å². The predicted octanol–water partition coefficient (Wildman–Crippen LogP) is 3.32. The molecule has 0 radical (unpaired) electrons. The third kappa shape index (κ3) is 1.99. The molecule has 4 nitrogen and oxygen atoms in total. The zero-order chi connectivity index (χ0) is 14.7. The van der Waals surface area contributed by atoms with Crippen LogP contribution in [0.15, 0.2) is 24.3 Å². The first-order valence-corrected chi connectivity index (χ1v) is 8.16. The molecule has 3 heterocycles. The van der Waals surface area contributed by atoms with Gasteiger partial charge in [0.1, 0.15) is 11.6 Å². The maximum atomic E-state index is 13.6. The lowest BCUT2D eigenvalue weighted by Crippen LogP contribution is -2.19. The molecule has 3 unspecified atom stereocenters. The van der Waals surface area contributed by atoms with E-state index >= 15 is 0 Å². The Morgan fingerprint density at radius 1 is 1.18 bits per heavy atom. The number of nitrogens with zero attached hydrogens (tertiary/aromatic N) is 3. The molecule has 2 saturated heterocycles. The van der Waals surface area contributed by atoms with E-state index in [1.807, 2.05) is 10.7 Å². The van der Waals surface area contributed by atoms with Crippen molar-refractivity contribution in [2.24, 2.45) is 0 Å². The molecule has 3 aliphatic rings. The minimum Gasteiger partial charge on any atom is -0.374 e. The summed E-state index contributed by atoms with van der Waals surface area (Å²) in [6, 6.07) is 6.61. The molecule has 2 bridgehead atoms. The zero-order valence-electron chi connectivity index (χ0n) is 12.3. The van der Waals surface area contributed by atoms with E-state index in [1.54, 1.807) is 6.07 Å². The van der Waals surface area contributed by atoms with Crippen LogP contribution in [-0.4, -0.2) is 27.0 Å². The number of rotatable bonds is 3. The quantitative estimate of drug-likeness (QED) is 0.873. The Morgan fingerprint density at radius 3 is 2.77 bits per heavy atom. The third-order valence-corrected chi connectivity index (χ3v) is 5.08. The van der Waals surface area contributed by atoms with Crippen LogP contribution in [0.25, 0.3) is 5.69 Å². The molecule has 3 fully saturated rings. The summed E-state index contributed by atoms with van der Waals surface area (Å²) < 4.78 is 21.4. The van der Waals surface area contributed by atoms with Crippen molar-refractivity contribution in [2.45, 2.75) is 56.1 Å². The molecule has 2 aliphatic heterocycles. The van der Waals surface area contributed by atoms with Crippen LogP contribution in [0.2, 0.25) is 0 Å². The van der Waals surface area contributed by atoms with Crippen LogP contribution in [0.1, 0.15) is 55.6 Å². The van der Waals surface area contributed by atoms with E-state index in [9.17, 15) is 4.39 Å². The van der Waals surface area contributed by atoms with Crippen LogP contribution < -0.4 is 0 Å². The van der Waals surface area contributed by atoms with Crippen LogP contribution in [0.3, 0.4) is 0 Å². The second-order valence-electron chi connectivity index (χ2n) is 6.71. The highest BCUT2D eigenvalue weighted by Gasteiger charge is 2.44. The lowest BCUT2D eigenvalue weighted by atomic mass is 9.88. The number of ether oxygens (including phenoxy) is 1. The van der Waals surface area contributed by atoms with Gasteiger partial charge in [-0.05, 0) is 50.3 Å². The molecule has 1 aromatic carbocycles. The summed E-state index contributed by atoms with van der Waals surface area (Å²) in [4.78, 5) is 4.83. The lowest BCUT2D eigenvalue weighted by molar-refractivity contribution is 0.0997. The van der Waals surface area contributed by atoms with Crippen LogP contribution in [-0.2, 0) is 4.74 Å². The van der Waals surface area contributed by atoms with Crippen molar-refractivity contribution in [1.82, 2.24) is 14.8 Å². The van der Waals surface area contributed by atoms with Gasteiger partial charge in [0.2, 0.25) is 0 Å². The second-order valence-corrected chi connectivity index (χ2v) is 6.71. The monoisotopic (exact) mass is 299 g/mol. The van der Waals surface area contributed by atoms with E-state index < -0.39 is 0 Å². The molecule has 1 aliphatic carbocycles. The maximum absolute atomic E-state index is 13.6. The van der Waals surface area contributed by atoms with Crippen LogP contribution in [0.4, 0.5) is 4.39 Å². The number of benzene rings is 1. The molecule has 1 saturated carbocycles. The van der Waals surface area contributed by atoms with Gasteiger partial charge in [0.05, 0.1) is 17.9 Å². The smallest absolute Gasteiger partial charge is 0.154 e. The molecule has 3 atom stereocenters. The fraction of sp³-hybridized carbons (Fsp3) is 0.529. The highest BCUT2D eigenvalue weighted by Crippen LogP contribution is 2.45. The van der Waals surface area contributed by atoms with Gasteiger partial charge in [0.25, 0.3) is 0 Å². The van der Waals surface area contributed by atoms with Crippen molar-refractivity contribution in [2.75, 3.05) is 0 Å². The Hall–Kier alpha value is -1.75. The largest absolute Gasteiger partial charge is 0.374 e. The van der Waals surface area contributed by atoms with Crippen molar-refractivity contribution in [3.05, 3.63) is 41.7 Å². The normalized spacial score (nSPS) is 30.1. The van der Waals surface area contributed by atoms with Gasteiger partial charge < -0.3 is 4.74 Å². The summed E-state index contributed by atoms with van der Waals surface area (Å²) in [5.74, 6) is 2.42. The van der Waals surface area contributed by atoms with Crippen molar-refractivity contribution >= 4 is 0 Å². The van der Waals surface area contributed by atoms with E-state index in [1.165, 1.54) is 25.0 Å². The lowest BCUT2D eigenvalue weighted by Gasteiger charge is -2.18. The molecule has 0 amide bonds. The van der Waals surface area contributed by atoms with Crippen LogP contribution in [0.5, 0.6) is 0 Å². The number of hydrogen-bond donors (Lipinski definition) is 0. The van der Waals surface area contributed by atoms with Gasteiger partial charge in [0.15, 0.2) is 5.82 Å². The van der Waals surface area contributed by atoms with Crippen molar-refractivity contribution in [3.63, 3.8) is 0 Å². The molecule has 5 heteroatoms. The van der Waals surface area contributed by atoms with E-state index in [0.29, 0.717) is 17.9 Å². The van der Waals surface area contributed by atoms with Gasteiger partial charge in [0, 0.05) is 11.8 Å². The van der Waals surface area contributed by atoms with Gasteiger partial charge >= 0.3 is 0 Å². The predicted molar refractivity (Wildman–Crippen MR) is 78.5 cm³/mol. The topological polar surface area (TPSA) is 39.9 Å². The van der Waals surface area contributed by atoms with Crippen LogP contribution >= 0.6 is 0 Å². The first kappa shape index (κ1) is 12.8. The van der Waals surface area contributed by atoms with E-state index in [2.05, 4.69) is 0 Å². The molecule has 0 N–H and O–H groups in total. The summed E-state index contributed by atoms with van der Waals surface area (Å²) in [5, 5.41) is 4.70. The molecule has 5 rings (SSSR count). The molecule has 114 valence electrons. The second kappa shape index (κ2) is 4.62. The third-order valence-electron chi connectivity index (χ3n) is 5.08. The highest BCUT2D eigenvalue weighted by atomic mass is 19.1. The number of fused-ring (bicyclic) bond motifs is 2. The fourth-order valence-electron chi connectivity index (χ4n) is 3.80. The first-order valence-electron chi connectivity index (χ1n) is 8.16. The van der Waals surface area contributed by atoms with Gasteiger partial charge in [-0.2, -0.15) is 5.10 Å². The van der Waals surface area contributed by atoms with Gasteiger partial charge in [-0.1, -0.05) is 6.07 Å². The Labute approximate surface area is 128 Å². The first-order chi connectivity index (χ1) is 10.8. The van der Waals surface area contributed by atoms with E-state index in [0.717, 1.165) is 36.6 Å². The molecular formula is C17H18FN3O. The van der Waals surface area contributed by atoms with E-state index in [-0.39, 0.29) is 11.9 Å².